The second kappa shape index (κ2) is 15.5. The molecule has 0 aliphatic carbocycles. The van der Waals surface area contributed by atoms with Crippen molar-refractivity contribution in [3.05, 3.63) is 65.7 Å². The van der Waals surface area contributed by atoms with E-state index in [1.807, 2.05) is 49.1 Å². The van der Waals surface area contributed by atoms with Crippen molar-refractivity contribution in [3.63, 3.8) is 0 Å². The summed E-state index contributed by atoms with van der Waals surface area (Å²) in [4.78, 5) is 20.9. The van der Waals surface area contributed by atoms with Crippen LogP contribution in [0.3, 0.4) is 0 Å². The highest BCUT2D eigenvalue weighted by Crippen LogP contribution is 2.12. The predicted octanol–water partition coefficient (Wildman–Crippen LogP) is 4.37. The fourth-order valence-electron chi connectivity index (χ4n) is 3.45. The number of nitrogens with zero attached hydrogens (tertiary/aromatic N) is 3. The molecule has 32 heavy (non-hydrogen) atoms. The Labute approximate surface area is 210 Å². The highest BCUT2D eigenvalue weighted by atomic mass is 127. The van der Waals surface area contributed by atoms with E-state index in [2.05, 4.69) is 51.7 Å². The smallest absolute Gasteiger partial charge is 0.253 e. The number of nitrogens with one attached hydrogen (secondary N) is 2. The third-order valence-electron chi connectivity index (χ3n) is 5.34. The zero-order valence-electron chi connectivity index (χ0n) is 19.8. The summed E-state index contributed by atoms with van der Waals surface area (Å²) in [6.07, 6.45) is 1.02. The fourth-order valence-corrected chi connectivity index (χ4v) is 3.45. The molecular weight excluding hydrogens is 513 g/mol. The van der Waals surface area contributed by atoms with Gasteiger partial charge in [0, 0.05) is 57.6 Å². The topological polar surface area (TPSA) is 60.0 Å². The molecule has 0 heterocycles. The van der Waals surface area contributed by atoms with Crippen molar-refractivity contribution in [1.82, 2.24) is 15.5 Å². The normalized spacial score (nSPS) is 10.8. The Balaban J connectivity index is 0.00000512. The minimum Gasteiger partial charge on any atom is -0.372 e. The molecule has 0 radical (unpaired) electrons. The summed E-state index contributed by atoms with van der Waals surface area (Å²) >= 11 is 0. The Bertz CT molecular complexity index is 807. The van der Waals surface area contributed by atoms with Gasteiger partial charge in [-0.1, -0.05) is 30.3 Å². The molecule has 2 aromatic carbocycles. The van der Waals surface area contributed by atoms with E-state index in [0.29, 0.717) is 6.54 Å². The zero-order valence-corrected chi connectivity index (χ0v) is 22.1. The van der Waals surface area contributed by atoms with E-state index in [1.54, 1.807) is 7.05 Å². The van der Waals surface area contributed by atoms with Crippen molar-refractivity contribution in [3.8, 4) is 0 Å². The van der Waals surface area contributed by atoms with Crippen LogP contribution in [0.4, 0.5) is 5.69 Å². The standard InChI is InChI=1S/C25H37N5O.HI/c1-5-29(6-2)24(31)22-16-14-21(15-17-22)20-28-25(26-4)27-18-11-19-30(7-3)23-12-9-8-10-13-23;/h8-10,12-17H,5-7,11,18-20H2,1-4H3,(H2,26,27,28);1H. The van der Waals surface area contributed by atoms with Gasteiger partial charge in [-0.25, -0.2) is 0 Å². The van der Waals surface area contributed by atoms with Crippen LogP contribution in [-0.2, 0) is 6.54 Å². The third kappa shape index (κ3) is 8.68. The molecule has 0 aliphatic heterocycles. The number of carbonyl (C=O) groups excluding carboxylic acids is 1. The fraction of sp³-hybridized carbons (Fsp3) is 0.440. The van der Waals surface area contributed by atoms with Crippen LogP contribution in [0.25, 0.3) is 0 Å². The second-order valence-electron chi connectivity index (χ2n) is 7.30. The average molecular weight is 552 g/mol. The number of hydrogen-bond donors (Lipinski definition) is 2. The molecule has 0 aromatic heterocycles. The number of carbonyl (C=O) groups is 1. The maximum atomic E-state index is 12.4. The number of aliphatic imine (C=N–C) groups is 1. The van der Waals surface area contributed by atoms with E-state index in [0.717, 1.165) is 56.2 Å². The molecule has 0 aliphatic rings. The highest BCUT2D eigenvalue weighted by Gasteiger charge is 2.12. The van der Waals surface area contributed by atoms with Gasteiger partial charge in [-0.05, 0) is 57.0 Å². The van der Waals surface area contributed by atoms with Gasteiger partial charge in [0.05, 0.1) is 0 Å². The van der Waals surface area contributed by atoms with Gasteiger partial charge in [0.25, 0.3) is 5.91 Å². The van der Waals surface area contributed by atoms with Crippen LogP contribution in [0, 0.1) is 0 Å². The van der Waals surface area contributed by atoms with Crippen LogP contribution in [0.2, 0.25) is 0 Å². The van der Waals surface area contributed by atoms with Crippen LogP contribution in [0.15, 0.2) is 59.6 Å². The lowest BCUT2D eigenvalue weighted by Crippen LogP contribution is -2.38. The van der Waals surface area contributed by atoms with Gasteiger partial charge in [0.2, 0.25) is 0 Å². The summed E-state index contributed by atoms with van der Waals surface area (Å²) in [5.41, 5.74) is 3.10. The molecule has 2 aromatic rings. The SMILES string of the molecule is CCN(CC)C(=O)c1ccc(CNC(=NC)NCCCN(CC)c2ccccc2)cc1.I. The van der Waals surface area contributed by atoms with E-state index in [4.69, 9.17) is 0 Å². The number of guanidine groups is 1. The number of halogens is 1. The van der Waals surface area contributed by atoms with Gasteiger partial charge in [-0.3, -0.25) is 9.79 Å². The van der Waals surface area contributed by atoms with Crippen molar-refractivity contribution < 1.29 is 4.79 Å². The predicted molar refractivity (Wildman–Crippen MR) is 146 cm³/mol. The molecule has 7 heteroatoms. The molecule has 0 unspecified atom stereocenters. The minimum atomic E-state index is 0. The molecular formula is C25H38IN5O. The molecule has 1 amide bonds. The zero-order chi connectivity index (χ0) is 22.5. The number of hydrogen-bond acceptors (Lipinski definition) is 3. The van der Waals surface area contributed by atoms with Crippen molar-refractivity contribution in [1.29, 1.82) is 0 Å². The van der Waals surface area contributed by atoms with E-state index < -0.39 is 0 Å². The molecule has 0 fully saturated rings. The number of anilines is 1. The van der Waals surface area contributed by atoms with Crippen LogP contribution in [0.1, 0.15) is 43.1 Å². The number of benzene rings is 2. The van der Waals surface area contributed by atoms with Crippen molar-refractivity contribution in [2.45, 2.75) is 33.7 Å². The lowest BCUT2D eigenvalue weighted by molar-refractivity contribution is 0.0773. The third-order valence-corrected chi connectivity index (χ3v) is 5.34. The first-order valence-electron chi connectivity index (χ1n) is 11.3. The number of rotatable bonds is 11. The second-order valence-corrected chi connectivity index (χ2v) is 7.30. The molecule has 2 N–H and O–H groups in total. The van der Waals surface area contributed by atoms with Crippen molar-refractivity contribution in [2.75, 3.05) is 44.7 Å². The molecule has 0 spiro atoms. The first-order chi connectivity index (χ1) is 15.1. The quantitative estimate of drug-likeness (QED) is 0.189. The van der Waals surface area contributed by atoms with Crippen LogP contribution in [0.5, 0.6) is 0 Å². The molecule has 0 saturated heterocycles. The average Bonchev–Trinajstić information content (AvgIpc) is 2.82. The maximum Gasteiger partial charge on any atom is 0.253 e. The number of amides is 1. The Kier molecular flexibility index (Phi) is 13.4. The van der Waals surface area contributed by atoms with Crippen molar-refractivity contribution in [2.24, 2.45) is 4.99 Å². The molecule has 0 saturated carbocycles. The van der Waals surface area contributed by atoms with Crippen LogP contribution < -0.4 is 15.5 Å². The maximum absolute atomic E-state index is 12.4. The molecule has 0 atom stereocenters. The molecule has 0 bridgehead atoms. The summed E-state index contributed by atoms with van der Waals surface area (Å²) in [6, 6.07) is 18.3. The van der Waals surface area contributed by atoms with E-state index >= 15 is 0 Å². The summed E-state index contributed by atoms with van der Waals surface area (Å²) in [5.74, 6) is 0.865. The van der Waals surface area contributed by atoms with E-state index in [-0.39, 0.29) is 29.9 Å². The Morgan fingerprint density at radius 2 is 1.56 bits per heavy atom. The largest absolute Gasteiger partial charge is 0.372 e. The van der Waals surface area contributed by atoms with Gasteiger partial charge in [-0.2, -0.15) is 0 Å². The highest BCUT2D eigenvalue weighted by molar-refractivity contribution is 14.0. The van der Waals surface area contributed by atoms with Gasteiger partial charge >= 0.3 is 0 Å². The molecule has 6 nitrogen and oxygen atoms in total. The van der Waals surface area contributed by atoms with Crippen LogP contribution in [-0.4, -0.2) is 56.5 Å². The summed E-state index contributed by atoms with van der Waals surface area (Å²) in [6.45, 7) is 11.1. The Hall–Kier alpha value is -2.29. The molecule has 2 rings (SSSR count). The Morgan fingerprint density at radius 1 is 0.906 bits per heavy atom. The first-order valence-corrected chi connectivity index (χ1v) is 11.3. The van der Waals surface area contributed by atoms with Gasteiger partial charge < -0.3 is 20.4 Å². The van der Waals surface area contributed by atoms with Crippen molar-refractivity contribution >= 4 is 41.5 Å². The summed E-state index contributed by atoms with van der Waals surface area (Å²) in [7, 11) is 1.78. The minimum absolute atomic E-state index is 0. The van der Waals surface area contributed by atoms with Gasteiger partial charge in [0.15, 0.2) is 5.96 Å². The lowest BCUT2D eigenvalue weighted by Gasteiger charge is -2.23. The summed E-state index contributed by atoms with van der Waals surface area (Å²) in [5, 5.41) is 6.73. The lowest BCUT2D eigenvalue weighted by atomic mass is 10.1. The van der Waals surface area contributed by atoms with Gasteiger partial charge in [0.1, 0.15) is 0 Å². The summed E-state index contributed by atoms with van der Waals surface area (Å²) < 4.78 is 0. The number of para-hydroxylation sites is 1. The monoisotopic (exact) mass is 551 g/mol. The van der Waals surface area contributed by atoms with E-state index in [1.165, 1.54) is 5.69 Å². The van der Waals surface area contributed by atoms with Gasteiger partial charge in [-0.15, -0.1) is 24.0 Å². The van der Waals surface area contributed by atoms with Crippen LogP contribution >= 0.6 is 24.0 Å². The van der Waals surface area contributed by atoms with E-state index in [9.17, 15) is 4.79 Å². The first kappa shape index (κ1) is 27.7. The Morgan fingerprint density at radius 3 is 2.12 bits per heavy atom. The molecule has 176 valence electrons.